The number of aliphatic hydroxyl groups is 1. The van der Waals surface area contributed by atoms with Crippen LogP contribution in [0.15, 0.2) is 6.07 Å². The van der Waals surface area contributed by atoms with Crippen molar-refractivity contribution >= 4 is 29.7 Å². The van der Waals surface area contributed by atoms with Crippen LogP contribution in [0.4, 0.5) is 0 Å². The number of halogens is 1. The molecule has 0 radical (unpaired) electrons. The first-order valence-electron chi connectivity index (χ1n) is 6.52. The summed E-state index contributed by atoms with van der Waals surface area (Å²) in [6.45, 7) is 1.96. The minimum atomic E-state index is -0.335. The first kappa shape index (κ1) is 14.8. The lowest BCUT2D eigenvalue weighted by Crippen LogP contribution is -2.34. The molecule has 1 amide bonds. The molecule has 3 rings (SSSR count). The minimum Gasteiger partial charge on any atom is -0.391 e. The van der Waals surface area contributed by atoms with Crippen molar-refractivity contribution in [1.82, 2.24) is 10.6 Å². The Hall–Kier alpha value is -0.620. The van der Waals surface area contributed by atoms with Gasteiger partial charge in [-0.05, 0) is 30.9 Å². The van der Waals surface area contributed by atoms with Gasteiger partial charge in [-0.1, -0.05) is 0 Å². The summed E-state index contributed by atoms with van der Waals surface area (Å²) >= 11 is 1.62. The number of aliphatic hydroxyl groups excluding tert-OH is 1. The van der Waals surface area contributed by atoms with E-state index in [0.717, 1.165) is 24.3 Å². The lowest BCUT2D eigenvalue weighted by atomic mass is 10.1. The van der Waals surface area contributed by atoms with Crippen LogP contribution in [0.5, 0.6) is 0 Å². The standard InChI is InChI=1S/C13H18N2O2S.ClH/c16-10-7-14-5-9(10)6-15-13(17)12-4-8-2-1-3-11(8)18-12;/h4,9-10,14,16H,1-3,5-7H2,(H,15,17);1H. The van der Waals surface area contributed by atoms with Crippen LogP contribution in [0.2, 0.25) is 0 Å². The van der Waals surface area contributed by atoms with Gasteiger partial charge in [0.05, 0.1) is 11.0 Å². The van der Waals surface area contributed by atoms with E-state index in [0.29, 0.717) is 13.1 Å². The minimum absolute atomic E-state index is 0. The molecule has 2 atom stereocenters. The van der Waals surface area contributed by atoms with Crippen molar-refractivity contribution in [3.63, 3.8) is 0 Å². The Balaban J connectivity index is 0.00000133. The van der Waals surface area contributed by atoms with E-state index >= 15 is 0 Å². The molecule has 1 aliphatic carbocycles. The van der Waals surface area contributed by atoms with Crippen molar-refractivity contribution in [3.8, 4) is 0 Å². The summed E-state index contributed by atoms with van der Waals surface area (Å²) in [7, 11) is 0. The Morgan fingerprint density at radius 3 is 3.00 bits per heavy atom. The van der Waals surface area contributed by atoms with E-state index in [4.69, 9.17) is 0 Å². The van der Waals surface area contributed by atoms with Gasteiger partial charge in [0.1, 0.15) is 0 Å². The number of amides is 1. The van der Waals surface area contributed by atoms with E-state index in [9.17, 15) is 9.90 Å². The molecule has 0 saturated carbocycles. The third-order valence-corrected chi connectivity index (χ3v) is 5.04. The van der Waals surface area contributed by atoms with Crippen LogP contribution in [-0.2, 0) is 12.8 Å². The number of carbonyl (C=O) groups excluding carboxylic acids is 1. The molecular formula is C13H19ClN2O2S. The van der Waals surface area contributed by atoms with Crippen LogP contribution < -0.4 is 10.6 Å². The van der Waals surface area contributed by atoms with Gasteiger partial charge in [0.15, 0.2) is 0 Å². The second-order valence-electron chi connectivity index (χ2n) is 5.11. The van der Waals surface area contributed by atoms with E-state index in [1.165, 1.54) is 16.9 Å². The molecule has 2 heterocycles. The molecule has 3 N–H and O–H groups in total. The summed E-state index contributed by atoms with van der Waals surface area (Å²) in [6.07, 6.45) is 3.13. The number of β-amino-alcohol motifs (C(OH)–C–C–N with tert-alkyl or cyclic N) is 1. The molecule has 0 bridgehead atoms. The summed E-state index contributed by atoms with van der Waals surface area (Å²) in [6, 6.07) is 2.03. The first-order valence-corrected chi connectivity index (χ1v) is 7.34. The molecule has 1 aliphatic heterocycles. The number of rotatable bonds is 3. The summed E-state index contributed by atoms with van der Waals surface area (Å²) < 4.78 is 0. The van der Waals surface area contributed by atoms with Gasteiger partial charge in [0.2, 0.25) is 0 Å². The van der Waals surface area contributed by atoms with Gasteiger partial charge in [-0.3, -0.25) is 4.79 Å². The quantitative estimate of drug-likeness (QED) is 0.780. The lowest BCUT2D eigenvalue weighted by Gasteiger charge is -2.13. The fraction of sp³-hybridized carbons (Fsp3) is 0.615. The zero-order valence-corrected chi connectivity index (χ0v) is 12.3. The summed E-state index contributed by atoms with van der Waals surface area (Å²) in [4.78, 5) is 14.2. The molecule has 106 valence electrons. The van der Waals surface area contributed by atoms with Gasteiger partial charge in [-0.15, -0.1) is 23.7 Å². The highest BCUT2D eigenvalue weighted by Gasteiger charge is 2.25. The Morgan fingerprint density at radius 1 is 1.47 bits per heavy atom. The maximum atomic E-state index is 12.0. The topological polar surface area (TPSA) is 61.4 Å². The second-order valence-corrected chi connectivity index (χ2v) is 6.25. The number of aryl methyl sites for hydroxylation is 2. The highest BCUT2D eigenvalue weighted by atomic mass is 35.5. The molecule has 0 spiro atoms. The second kappa shape index (κ2) is 6.22. The third-order valence-electron chi connectivity index (χ3n) is 3.80. The zero-order valence-electron chi connectivity index (χ0n) is 10.6. The lowest BCUT2D eigenvalue weighted by molar-refractivity contribution is 0.0931. The fourth-order valence-electron chi connectivity index (χ4n) is 2.68. The maximum Gasteiger partial charge on any atom is 0.261 e. The number of nitrogens with one attached hydrogen (secondary N) is 2. The van der Waals surface area contributed by atoms with Crippen LogP contribution in [0.1, 0.15) is 26.5 Å². The van der Waals surface area contributed by atoms with Crippen molar-refractivity contribution in [3.05, 3.63) is 21.4 Å². The summed E-state index contributed by atoms with van der Waals surface area (Å²) in [5.41, 5.74) is 1.35. The van der Waals surface area contributed by atoms with Gasteiger partial charge >= 0.3 is 0 Å². The largest absolute Gasteiger partial charge is 0.391 e. The van der Waals surface area contributed by atoms with Crippen LogP contribution >= 0.6 is 23.7 Å². The van der Waals surface area contributed by atoms with Crippen molar-refractivity contribution in [2.24, 2.45) is 5.92 Å². The van der Waals surface area contributed by atoms with Gasteiger partial charge in [0.25, 0.3) is 5.91 Å². The molecule has 6 heteroatoms. The Labute approximate surface area is 123 Å². The van der Waals surface area contributed by atoms with Crippen molar-refractivity contribution in [2.75, 3.05) is 19.6 Å². The predicted molar refractivity (Wildman–Crippen MR) is 78.3 cm³/mol. The van der Waals surface area contributed by atoms with Gasteiger partial charge in [0, 0.05) is 30.4 Å². The Bertz CT molecular complexity index is 442. The molecule has 0 aromatic carbocycles. The number of carbonyl (C=O) groups is 1. The first-order chi connectivity index (χ1) is 8.74. The third kappa shape index (κ3) is 3.11. The normalized spacial score (nSPS) is 24.9. The molecule has 1 saturated heterocycles. The maximum absolute atomic E-state index is 12.0. The van der Waals surface area contributed by atoms with Crippen LogP contribution in [0.25, 0.3) is 0 Å². The number of hydrogen-bond donors (Lipinski definition) is 3. The highest BCUT2D eigenvalue weighted by Crippen LogP contribution is 2.30. The van der Waals surface area contributed by atoms with Crippen molar-refractivity contribution < 1.29 is 9.90 Å². The molecule has 1 aromatic rings. The monoisotopic (exact) mass is 302 g/mol. The molecule has 2 unspecified atom stereocenters. The Morgan fingerprint density at radius 2 is 2.32 bits per heavy atom. The fourth-order valence-corrected chi connectivity index (χ4v) is 3.85. The molecule has 4 nitrogen and oxygen atoms in total. The van der Waals surface area contributed by atoms with E-state index in [1.807, 2.05) is 6.07 Å². The van der Waals surface area contributed by atoms with Gasteiger partial charge in [-0.2, -0.15) is 0 Å². The van der Waals surface area contributed by atoms with E-state index in [2.05, 4.69) is 10.6 Å². The SMILES string of the molecule is Cl.O=C(NCC1CNCC1O)c1cc2c(s1)CCC2. The van der Waals surface area contributed by atoms with Crippen LogP contribution in [0.3, 0.4) is 0 Å². The highest BCUT2D eigenvalue weighted by molar-refractivity contribution is 7.14. The number of thiophene rings is 1. The van der Waals surface area contributed by atoms with Gasteiger partial charge in [-0.25, -0.2) is 0 Å². The number of hydrogen-bond acceptors (Lipinski definition) is 4. The molecule has 1 aromatic heterocycles. The Kier molecular flexibility index (Phi) is 4.84. The van der Waals surface area contributed by atoms with Crippen molar-refractivity contribution in [2.45, 2.75) is 25.4 Å². The molecule has 1 fully saturated rings. The molecular weight excluding hydrogens is 284 g/mol. The van der Waals surface area contributed by atoms with Gasteiger partial charge < -0.3 is 15.7 Å². The van der Waals surface area contributed by atoms with Crippen LogP contribution in [-0.4, -0.2) is 36.8 Å². The smallest absolute Gasteiger partial charge is 0.261 e. The van der Waals surface area contributed by atoms with E-state index in [1.54, 1.807) is 11.3 Å². The zero-order chi connectivity index (χ0) is 12.5. The van der Waals surface area contributed by atoms with Crippen LogP contribution in [0, 0.1) is 5.92 Å². The molecule has 19 heavy (non-hydrogen) atoms. The molecule has 2 aliphatic rings. The number of fused-ring (bicyclic) bond motifs is 1. The average Bonchev–Trinajstić information content (AvgIpc) is 3.00. The van der Waals surface area contributed by atoms with E-state index in [-0.39, 0.29) is 30.3 Å². The summed E-state index contributed by atoms with van der Waals surface area (Å²) in [5.74, 6) is 0.147. The summed E-state index contributed by atoms with van der Waals surface area (Å²) in [5, 5.41) is 15.7. The van der Waals surface area contributed by atoms with E-state index < -0.39 is 0 Å². The predicted octanol–water partition coefficient (Wildman–Crippen LogP) is 0.969. The average molecular weight is 303 g/mol. The van der Waals surface area contributed by atoms with Crippen molar-refractivity contribution in [1.29, 1.82) is 0 Å².